The van der Waals surface area contributed by atoms with Crippen molar-refractivity contribution in [2.75, 3.05) is 0 Å². The van der Waals surface area contributed by atoms with Crippen LogP contribution in [0.3, 0.4) is 0 Å². The number of nitrogens with zero attached hydrogens (tertiary/aromatic N) is 3. The molecule has 2 heterocycles. The van der Waals surface area contributed by atoms with Crippen LogP contribution in [0.15, 0.2) is 41.2 Å². The molecule has 7 heteroatoms. The fraction of sp³-hybridized carbons (Fsp3) is 0.333. The Balaban J connectivity index is 1.97. The van der Waals surface area contributed by atoms with E-state index in [0.717, 1.165) is 15.1 Å². The van der Waals surface area contributed by atoms with Gasteiger partial charge in [-0.15, -0.1) is 16.4 Å². The van der Waals surface area contributed by atoms with Crippen molar-refractivity contribution in [2.45, 2.75) is 39.3 Å². The van der Waals surface area contributed by atoms with Crippen molar-refractivity contribution in [2.24, 2.45) is 0 Å². The summed E-state index contributed by atoms with van der Waals surface area (Å²) in [6.07, 6.45) is 0.511. The number of aromatic nitrogens is 3. The molecule has 0 spiro atoms. The second kappa shape index (κ2) is 7.14. The minimum Gasteiger partial charge on any atom is -0.461 e. The van der Waals surface area contributed by atoms with Crippen molar-refractivity contribution < 1.29 is 9.53 Å². The van der Waals surface area contributed by atoms with Crippen LogP contribution in [0, 0.1) is 0 Å². The predicted octanol–water partition coefficient (Wildman–Crippen LogP) is 3.42. The molecule has 0 unspecified atom stereocenters. The maximum atomic E-state index is 12.7. The molecule has 2 atom stereocenters. The highest BCUT2D eigenvalue weighted by Gasteiger charge is 2.23. The van der Waals surface area contributed by atoms with Gasteiger partial charge in [0.05, 0.1) is 11.5 Å². The first kappa shape index (κ1) is 17.3. The number of rotatable bonds is 5. The lowest BCUT2D eigenvalue weighted by Crippen LogP contribution is -2.33. The molecular formula is C18H19N3O3S. The third-order valence-electron chi connectivity index (χ3n) is 4.04. The van der Waals surface area contributed by atoms with Gasteiger partial charge in [-0.3, -0.25) is 4.79 Å². The molecule has 3 aromatic rings. The highest BCUT2D eigenvalue weighted by Crippen LogP contribution is 2.30. The summed E-state index contributed by atoms with van der Waals surface area (Å²) in [5.41, 5.74) is 0.678. The number of benzene rings is 1. The summed E-state index contributed by atoms with van der Waals surface area (Å²) >= 11 is 1.40. The maximum absolute atomic E-state index is 12.7. The SMILES string of the molecule is CC[C@H](C)OC(=O)[C@H](C)n1nnc2sc(-c3ccccc3)cc2c1=O. The van der Waals surface area contributed by atoms with Gasteiger partial charge in [-0.25, -0.2) is 4.79 Å². The van der Waals surface area contributed by atoms with E-state index in [4.69, 9.17) is 4.74 Å². The lowest BCUT2D eigenvalue weighted by molar-refractivity contribution is -0.152. The van der Waals surface area contributed by atoms with Crippen LogP contribution in [0.5, 0.6) is 0 Å². The Morgan fingerprint density at radius 1 is 1.28 bits per heavy atom. The first-order chi connectivity index (χ1) is 12.0. The van der Waals surface area contributed by atoms with Crippen LogP contribution in [0.25, 0.3) is 20.7 Å². The Kier molecular flexibility index (Phi) is 4.94. The van der Waals surface area contributed by atoms with Gasteiger partial charge in [-0.05, 0) is 31.9 Å². The number of carbonyl (C=O) groups excluding carboxylic acids is 1. The summed E-state index contributed by atoms with van der Waals surface area (Å²) in [6.45, 7) is 5.33. The van der Waals surface area contributed by atoms with Gasteiger partial charge >= 0.3 is 5.97 Å². The Bertz CT molecular complexity index is 949. The van der Waals surface area contributed by atoms with E-state index in [1.54, 1.807) is 13.0 Å². The summed E-state index contributed by atoms with van der Waals surface area (Å²) in [7, 11) is 0. The maximum Gasteiger partial charge on any atom is 0.331 e. The molecule has 0 amide bonds. The van der Waals surface area contributed by atoms with E-state index >= 15 is 0 Å². The van der Waals surface area contributed by atoms with Crippen LogP contribution >= 0.6 is 11.3 Å². The molecule has 0 N–H and O–H groups in total. The largest absolute Gasteiger partial charge is 0.461 e. The van der Waals surface area contributed by atoms with Crippen LogP contribution in [0.1, 0.15) is 33.2 Å². The number of esters is 1. The molecule has 3 rings (SSSR count). The molecule has 25 heavy (non-hydrogen) atoms. The van der Waals surface area contributed by atoms with Gasteiger partial charge in [-0.2, -0.15) is 4.68 Å². The van der Waals surface area contributed by atoms with E-state index in [2.05, 4.69) is 10.3 Å². The first-order valence-corrected chi connectivity index (χ1v) is 8.97. The van der Waals surface area contributed by atoms with Crippen molar-refractivity contribution in [1.29, 1.82) is 0 Å². The van der Waals surface area contributed by atoms with Gasteiger partial charge in [0.25, 0.3) is 5.56 Å². The molecule has 2 aromatic heterocycles. The highest BCUT2D eigenvalue weighted by atomic mass is 32.1. The number of ether oxygens (including phenoxy) is 1. The molecule has 0 aliphatic carbocycles. The van der Waals surface area contributed by atoms with Crippen LogP contribution in [0.4, 0.5) is 0 Å². The van der Waals surface area contributed by atoms with Gasteiger partial charge in [-0.1, -0.05) is 42.5 Å². The predicted molar refractivity (Wildman–Crippen MR) is 97.7 cm³/mol. The number of carbonyl (C=O) groups is 1. The Labute approximate surface area is 149 Å². The van der Waals surface area contributed by atoms with Gasteiger partial charge in [0, 0.05) is 4.88 Å². The number of hydrogen-bond donors (Lipinski definition) is 0. The van der Waals surface area contributed by atoms with Crippen LogP contribution < -0.4 is 5.56 Å². The molecule has 0 aliphatic heterocycles. The Morgan fingerprint density at radius 3 is 2.68 bits per heavy atom. The van der Waals surface area contributed by atoms with Gasteiger partial charge < -0.3 is 4.74 Å². The molecule has 0 saturated carbocycles. The molecule has 0 aliphatic rings. The second-order valence-corrected chi connectivity index (χ2v) is 6.90. The monoisotopic (exact) mass is 357 g/mol. The van der Waals surface area contributed by atoms with Gasteiger partial charge in [0.1, 0.15) is 0 Å². The third kappa shape index (κ3) is 3.46. The molecule has 1 aromatic carbocycles. The topological polar surface area (TPSA) is 74.1 Å². The first-order valence-electron chi connectivity index (χ1n) is 8.16. The van der Waals surface area contributed by atoms with E-state index in [1.165, 1.54) is 11.3 Å². The van der Waals surface area contributed by atoms with E-state index in [9.17, 15) is 9.59 Å². The number of hydrogen-bond acceptors (Lipinski definition) is 6. The summed E-state index contributed by atoms with van der Waals surface area (Å²) in [5, 5.41) is 8.51. The van der Waals surface area contributed by atoms with Gasteiger partial charge in [0.15, 0.2) is 10.9 Å². The van der Waals surface area contributed by atoms with Gasteiger partial charge in [0.2, 0.25) is 0 Å². The standard InChI is InChI=1S/C18H19N3O3S/c1-4-11(2)24-18(23)12(3)21-17(22)14-10-15(25-16(14)19-20-21)13-8-6-5-7-9-13/h5-12H,4H2,1-3H3/t11-,12-/m0/s1. The van der Waals surface area contributed by atoms with Crippen molar-refractivity contribution >= 4 is 27.5 Å². The fourth-order valence-electron chi connectivity index (χ4n) is 2.34. The Morgan fingerprint density at radius 2 is 2.00 bits per heavy atom. The lowest BCUT2D eigenvalue weighted by atomic mass is 10.2. The minimum atomic E-state index is -0.821. The summed E-state index contributed by atoms with van der Waals surface area (Å²) < 4.78 is 6.39. The van der Waals surface area contributed by atoms with Crippen molar-refractivity contribution in [3.05, 3.63) is 46.8 Å². The summed E-state index contributed by atoms with van der Waals surface area (Å²) in [4.78, 5) is 26.4. The fourth-order valence-corrected chi connectivity index (χ4v) is 3.31. The van der Waals surface area contributed by atoms with Crippen LogP contribution in [-0.2, 0) is 9.53 Å². The van der Waals surface area contributed by atoms with Crippen LogP contribution in [0.2, 0.25) is 0 Å². The average Bonchev–Trinajstić information content (AvgIpc) is 3.07. The third-order valence-corrected chi connectivity index (χ3v) is 5.11. The van der Waals surface area contributed by atoms with Crippen molar-refractivity contribution in [3.63, 3.8) is 0 Å². The smallest absolute Gasteiger partial charge is 0.331 e. The van der Waals surface area contributed by atoms with E-state index < -0.39 is 12.0 Å². The number of thiophene rings is 1. The second-order valence-electron chi connectivity index (χ2n) is 5.87. The molecule has 0 saturated heterocycles. The Hall–Kier alpha value is -2.54. The zero-order chi connectivity index (χ0) is 18.0. The van der Waals surface area contributed by atoms with E-state index in [-0.39, 0.29) is 11.7 Å². The molecule has 0 radical (unpaired) electrons. The quantitative estimate of drug-likeness (QED) is 0.654. The average molecular weight is 357 g/mol. The zero-order valence-electron chi connectivity index (χ0n) is 14.3. The molecular weight excluding hydrogens is 338 g/mol. The number of fused-ring (bicyclic) bond motifs is 1. The summed E-state index contributed by atoms with van der Waals surface area (Å²) in [6, 6.07) is 10.8. The normalized spacial score (nSPS) is 13.6. The van der Waals surface area contributed by atoms with E-state index in [0.29, 0.717) is 16.6 Å². The van der Waals surface area contributed by atoms with Crippen molar-refractivity contribution in [1.82, 2.24) is 15.0 Å². The summed E-state index contributed by atoms with van der Waals surface area (Å²) in [5.74, 6) is -0.483. The van der Waals surface area contributed by atoms with Crippen LogP contribution in [-0.4, -0.2) is 27.1 Å². The minimum absolute atomic E-state index is 0.201. The lowest BCUT2D eigenvalue weighted by Gasteiger charge is -2.15. The molecule has 0 bridgehead atoms. The van der Waals surface area contributed by atoms with Crippen molar-refractivity contribution in [3.8, 4) is 10.4 Å². The molecule has 6 nitrogen and oxygen atoms in total. The highest BCUT2D eigenvalue weighted by molar-refractivity contribution is 7.21. The zero-order valence-corrected chi connectivity index (χ0v) is 15.1. The molecule has 0 fully saturated rings. The molecule has 130 valence electrons. The van der Waals surface area contributed by atoms with E-state index in [1.807, 2.05) is 44.2 Å².